The molecule has 0 heteroatoms. The molecule has 0 saturated heterocycles. The van der Waals surface area contributed by atoms with Gasteiger partial charge < -0.3 is 0 Å². The highest BCUT2D eigenvalue weighted by Crippen LogP contribution is 1.90. The Bertz CT molecular complexity index is 119. The van der Waals surface area contributed by atoms with Crippen LogP contribution in [0.3, 0.4) is 0 Å². The molecular weight excluding hydrogens is 96.1 g/mol. The summed E-state index contributed by atoms with van der Waals surface area (Å²) in [6, 6.07) is 0. The van der Waals surface area contributed by atoms with E-state index < -0.39 is 0 Å². The monoisotopic (exact) mass is 108 g/mol. The van der Waals surface area contributed by atoms with Crippen LogP contribution in [0.15, 0.2) is 12.2 Å². The second-order valence-electron chi connectivity index (χ2n) is 2.00. The Morgan fingerprint density at radius 1 is 1.38 bits per heavy atom. The average molecular weight is 108 g/mol. The SMILES string of the molecule is CC#C/C=C/C(C)C. The quantitative estimate of drug-likeness (QED) is 0.452. The molecule has 44 valence electrons. The van der Waals surface area contributed by atoms with Gasteiger partial charge in [-0.3, -0.25) is 0 Å². The molecule has 0 rings (SSSR count). The van der Waals surface area contributed by atoms with E-state index >= 15 is 0 Å². The molecule has 0 aromatic heterocycles. The van der Waals surface area contributed by atoms with Gasteiger partial charge in [-0.05, 0) is 18.9 Å². The molecule has 0 aliphatic heterocycles. The van der Waals surface area contributed by atoms with Gasteiger partial charge in [0.1, 0.15) is 0 Å². The van der Waals surface area contributed by atoms with Crippen LogP contribution < -0.4 is 0 Å². The molecule has 0 saturated carbocycles. The van der Waals surface area contributed by atoms with Crippen molar-refractivity contribution in [1.82, 2.24) is 0 Å². The zero-order valence-corrected chi connectivity index (χ0v) is 5.73. The van der Waals surface area contributed by atoms with Gasteiger partial charge in [0.15, 0.2) is 0 Å². The molecule has 0 fully saturated rings. The fourth-order valence-corrected chi connectivity index (χ4v) is 0.324. The van der Waals surface area contributed by atoms with Gasteiger partial charge in [0, 0.05) is 0 Å². The first-order valence-electron chi connectivity index (χ1n) is 2.86. The minimum atomic E-state index is 0.621. The molecule has 0 aromatic carbocycles. The van der Waals surface area contributed by atoms with Gasteiger partial charge >= 0.3 is 0 Å². The fourth-order valence-electron chi connectivity index (χ4n) is 0.324. The van der Waals surface area contributed by atoms with Crippen molar-refractivity contribution >= 4 is 0 Å². The molecule has 0 spiro atoms. The van der Waals surface area contributed by atoms with Crippen molar-refractivity contribution in [2.45, 2.75) is 20.8 Å². The molecule has 8 heavy (non-hydrogen) atoms. The lowest BCUT2D eigenvalue weighted by Crippen LogP contribution is -1.74. The van der Waals surface area contributed by atoms with E-state index in [4.69, 9.17) is 0 Å². The summed E-state index contributed by atoms with van der Waals surface area (Å²) in [6.07, 6.45) is 3.97. The van der Waals surface area contributed by atoms with Gasteiger partial charge in [0.25, 0.3) is 0 Å². The Labute approximate surface area is 51.6 Å². The Morgan fingerprint density at radius 3 is 2.38 bits per heavy atom. The zero-order valence-electron chi connectivity index (χ0n) is 5.73. The Hall–Kier alpha value is -0.700. The van der Waals surface area contributed by atoms with Crippen molar-refractivity contribution < 1.29 is 0 Å². The Kier molecular flexibility index (Phi) is 4.07. The average Bonchev–Trinajstić information content (AvgIpc) is 1.66. The van der Waals surface area contributed by atoms with Crippen LogP contribution in [-0.2, 0) is 0 Å². The van der Waals surface area contributed by atoms with Crippen molar-refractivity contribution in [3.05, 3.63) is 12.2 Å². The van der Waals surface area contributed by atoms with E-state index in [0.29, 0.717) is 5.92 Å². The van der Waals surface area contributed by atoms with Crippen LogP contribution in [0, 0.1) is 17.8 Å². The number of allylic oxidation sites excluding steroid dienone is 2. The summed E-state index contributed by atoms with van der Waals surface area (Å²) in [7, 11) is 0. The minimum absolute atomic E-state index is 0.621. The lowest BCUT2D eigenvalue weighted by atomic mass is 10.2. The highest BCUT2D eigenvalue weighted by molar-refractivity contribution is 5.13. The van der Waals surface area contributed by atoms with Crippen molar-refractivity contribution in [2.75, 3.05) is 0 Å². The van der Waals surface area contributed by atoms with Crippen molar-refractivity contribution in [3.8, 4) is 11.8 Å². The van der Waals surface area contributed by atoms with Crippen LogP contribution >= 0.6 is 0 Å². The molecule has 0 aliphatic carbocycles. The van der Waals surface area contributed by atoms with Crippen molar-refractivity contribution in [1.29, 1.82) is 0 Å². The maximum absolute atomic E-state index is 2.85. The van der Waals surface area contributed by atoms with Gasteiger partial charge in [0.05, 0.1) is 0 Å². The highest BCUT2D eigenvalue weighted by Gasteiger charge is 1.77. The minimum Gasteiger partial charge on any atom is -0.102 e. The van der Waals surface area contributed by atoms with E-state index in [0.717, 1.165) is 0 Å². The van der Waals surface area contributed by atoms with Gasteiger partial charge in [-0.25, -0.2) is 0 Å². The Morgan fingerprint density at radius 2 is 2.00 bits per heavy atom. The zero-order chi connectivity index (χ0) is 6.41. The van der Waals surface area contributed by atoms with Gasteiger partial charge in [-0.15, -0.1) is 5.92 Å². The van der Waals surface area contributed by atoms with E-state index in [2.05, 4.69) is 31.8 Å². The molecule has 0 heterocycles. The molecule has 0 nitrogen and oxygen atoms in total. The number of hydrogen-bond donors (Lipinski definition) is 0. The summed E-state index contributed by atoms with van der Waals surface area (Å²) in [6.45, 7) is 6.10. The Balaban J connectivity index is 3.45. The molecule has 0 atom stereocenters. The van der Waals surface area contributed by atoms with Gasteiger partial charge in [-0.1, -0.05) is 25.8 Å². The molecular formula is C8H12. The maximum Gasteiger partial charge on any atom is -0.00235 e. The molecule has 0 radical (unpaired) electrons. The molecule has 0 bridgehead atoms. The molecule has 0 unspecified atom stereocenters. The molecule has 0 N–H and O–H groups in total. The van der Waals surface area contributed by atoms with Crippen LogP contribution in [0.5, 0.6) is 0 Å². The molecule has 0 aliphatic rings. The summed E-state index contributed by atoms with van der Waals surface area (Å²) in [5.74, 6) is 6.26. The smallest absolute Gasteiger partial charge is 0.00235 e. The van der Waals surface area contributed by atoms with E-state index in [-0.39, 0.29) is 0 Å². The summed E-state index contributed by atoms with van der Waals surface area (Å²) in [5.41, 5.74) is 0. The first kappa shape index (κ1) is 7.30. The van der Waals surface area contributed by atoms with E-state index in [9.17, 15) is 0 Å². The lowest BCUT2D eigenvalue weighted by Gasteiger charge is -1.86. The van der Waals surface area contributed by atoms with Crippen LogP contribution in [0.2, 0.25) is 0 Å². The largest absolute Gasteiger partial charge is 0.102 e. The summed E-state index contributed by atoms with van der Waals surface area (Å²) < 4.78 is 0. The predicted molar refractivity (Wildman–Crippen MR) is 37.4 cm³/mol. The maximum atomic E-state index is 2.85. The van der Waals surface area contributed by atoms with Crippen LogP contribution in [0.25, 0.3) is 0 Å². The lowest BCUT2D eigenvalue weighted by molar-refractivity contribution is 0.832. The first-order valence-corrected chi connectivity index (χ1v) is 2.86. The molecule has 0 amide bonds. The third-order valence-corrected chi connectivity index (χ3v) is 0.709. The standard InChI is InChI=1S/C8H12/c1-4-5-6-7-8(2)3/h6-8H,1-3H3/b7-6+. The number of hydrogen-bond acceptors (Lipinski definition) is 0. The normalized spacial score (nSPS) is 9.50. The fraction of sp³-hybridized carbons (Fsp3) is 0.500. The third-order valence-electron chi connectivity index (χ3n) is 0.709. The summed E-state index contributed by atoms with van der Waals surface area (Å²) in [5, 5.41) is 0. The summed E-state index contributed by atoms with van der Waals surface area (Å²) in [4.78, 5) is 0. The van der Waals surface area contributed by atoms with Crippen molar-refractivity contribution in [2.24, 2.45) is 5.92 Å². The van der Waals surface area contributed by atoms with E-state index in [1.165, 1.54) is 0 Å². The number of rotatable bonds is 1. The van der Waals surface area contributed by atoms with Crippen molar-refractivity contribution in [3.63, 3.8) is 0 Å². The van der Waals surface area contributed by atoms with Crippen LogP contribution in [-0.4, -0.2) is 0 Å². The van der Waals surface area contributed by atoms with Crippen LogP contribution in [0.1, 0.15) is 20.8 Å². The predicted octanol–water partition coefficient (Wildman–Crippen LogP) is 2.22. The van der Waals surface area contributed by atoms with E-state index in [1.54, 1.807) is 0 Å². The third kappa shape index (κ3) is 5.30. The molecule has 0 aromatic rings. The first-order chi connectivity index (χ1) is 3.77. The topological polar surface area (TPSA) is 0 Å². The van der Waals surface area contributed by atoms with Crippen LogP contribution in [0.4, 0.5) is 0 Å². The second kappa shape index (κ2) is 4.46. The highest BCUT2D eigenvalue weighted by atomic mass is 13.8. The van der Waals surface area contributed by atoms with E-state index in [1.807, 2.05) is 13.0 Å². The summed E-state index contributed by atoms with van der Waals surface area (Å²) >= 11 is 0. The van der Waals surface area contributed by atoms with Gasteiger partial charge in [0.2, 0.25) is 0 Å². The second-order valence-corrected chi connectivity index (χ2v) is 2.00. The van der Waals surface area contributed by atoms with Gasteiger partial charge in [-0.2, -0.15) is 0 Å².